The van der Waals surface area contributed by atoms with Crippen molar-refractivity contribution in [3.63, 3.8) is 0 Å². The van der Waals surface area contributed by atoms with E-state index in [1.165, 1.54) is 37.5 Å². The van der Waals surface area contributed by atoms with Gasteiger partial charge in [-0.1, -0.05) is 63.2 Å². The Kier molecular flexibility index (Phi) is 3.47. The van der Waals surface area contributed by atoms with Crippen LogP contribution in [0.4, 0.5) is 0 Å². The molecule has 0 atom stereocenters. The zero-order valence-corrected chi connectivity index (χ0v) is 16.9. The van der Waals surface area contributed by atoms with E-state index >= 15 is 0 Å². The number of hydrogen-bond acceptors (Lipinski definition) is 2. The van der Waals surface area contributed by atoms with Crippen molar-refractivity contribution in [2.45, 2.75) is 26.2 Å². The molecule has 134 valence electrons. The van der Waals surface area contributed by atoms with Crippen LogP contribution >= 0.6 is 11.3 Å². The van der Waals surface area contributed by atoms with E-state index in [2.05, 4.69) is 93.0 Å². The highest BCUT2D eigenvalue weighted by molar-refractivity contribution is 7.22. The van der Waals surface area contributed by atoms with Crippen molar-refractivity contribution in [1.82, 2.24) is 9.55 Å². The average molecular weight is 371 g/mol. The minimum Gasteiger partial charge on any atom is -0.328 e. The third kappa shape index (κ3) is 2.49. The van der Waals surface area contributed by atoms with Gasteiger partial charge in [-0.05, 0) is 39.9 Å². The lowest BCUT2D eigenvalue weighted by Gasteiger charge is -2.22. The van der Waals surface area contributed by atoms with E-state index < -0.39 is 0 Å². The zero-order valence-electron chi connectivity index (χ0n) is 16.1. The summed E-state index contributed by atoms with van der Waals surface area (Å²) >= 11 is 1.80. The van der Waals surface area contributed by atoms with E-state index in [1.807, 2.05) is 0 Å². The fourth-order valence-corrected chi connectivity index (χ4v) is 5.08. The molecule has 0 aliphatic carbocycles. The molecular weight excluding hydrogens is 348 g/mol. The Hall–Kier alpha value is -2.65. The molecular formula is C24H22N2S. The van der Waals surface area contributed by atoms with Gasteiger partial charge < -0.3 is 4.57 Å². The van der Waals surface area contributed by atoms with Crippen LogP contribution in [0.3, 0.4) is 0 Å². The molecule has 0 amide bonds. The summed E-state index contributed by atoms with van der Waals surface area (Å²) in [6, 6.07) is 21.8. The third-order valence-corrected chi connectivity index (χ3v) is 6.48. The van der Waals surface area contributed by atoms with Gasteiger partial charge in [-0.2, -0.15) is 0 Å². The molecule has 2 nitrogen and oxygen atoms in total. The molecule has 0 aliphatic rings. The fraction of sp³-hybridized carbons (Fsp3) is 0.208. The molecule has 5 rings (SSSR count). The summed E-state index contributed by atoms with van der Waals surface area (Å²) in [7, 11) is 2.11. The monoisotopic (exact) mass is 370 g/mol. The van der Waals surface area contributed by atoms with Crippen LogP contribution < -0.4 is 0 Å². The van der Waals surface area contributed by atoms with Crippen LogP contribution in [-0.2, 0) is 12.5 Å². The lowest BCUT2D eigenvalue weighted by molar-refractivity contribution is 0.596. The molecule has 0 radical (unpaired) electrons. The molecule has 0 fully saturated rings. The van der Waals surface area contributed by atoms with Crippen molar-refractivity contribution in [2.24, 2.45) is 7.05 Å². The third-order valence-electron chi connectivity index (χ3n) is 5.35. The first-order chi connectivity index (χ1) is 12.9. The highest BCUT2D eigenvalue weighted by atomic mass is 32.1. The first-order valence-electron chi connectivity index (χ1n) is 9.31. The second-order valence-electron chi connectivity index (χ2n) is 8.24. The lowest BCUT2D eigenvalue weighted by atomic mass is 9.82. The average Bonchev–Trinajstić information content (AvgIpc) is 3.20. The molecule has 0 spiro atoms. The molecule has 0 saturated heterocycles. The second kappa shape index (κ2) is 5.67. The van der Waals surface area contributed by atoms with Crippen LogP contribution in [0.15, 0.2) is 60.7 Å². The van der Waals surface area contributed by atoms with Gasteiger partial charge in [0.25, 0.3) is 0 Å². The highest BCUT2D eigenvalue weighted by Gasteiger charge is 2.20. The second-order valence-corrected chi connectivity index (χ2v) is 9.24. The van der Waals surface area contributed by atoms with Gasteiger partial charge in [-0.25, -0.2) is 4.98 Å². The largest absolute Gasteiger partial charge is 0.328 e. The number of nitrogens with zero attached hydrogens (tertiary/aromatic N) is 2. The Bertz CT molecular complexity index is 1320. The van der Waals surface area contributed by atoms with Crippen molar-refractivity contribution in [1.29, 1.82) is 0 Å². The first kappa shape index (κ1) is 16.5. The number of aryl methyl sites for hydroxylation is 1. The van der Waals surface area contributed by atoms with Crippen LogP contribution in [0.5, 0.6) is 0 Å². The van der Waals surface area contributed by atoms with Gasteiger partial charge >= 0.3 is 0 Å². The number of aromatic nitrogens is 2. The van der Waals surface area contributed by atoms with Crippen molar-refractivity contribution >= 4 is 43.4 Å². The molecule has 3 heteroatoms. The fourth-order valence-electron chi connectivity index (χ4n) is 3.97. The maximum absolute atomic E-state index is 5.03. The van der Waals surface area contributed by atoms with Gasteiger partial charge in [0.15, 0.2) is 5.65 Å². The van der Waals surface area contributed by atoms with Gasteiger partial charge in [-0.15, -0.1) is 11.3 Å². The zero-order chi connectivity index (χ0) is 18.8. The van der Waals surface area contributed by atoms with E-state index in [0.717, 1.165) is 10.7 Å². The summed E-state index contributed by atoms with van der Waals surface area (Å²) in [5.74, 6) is 0. The molecule has 2 aromatic heterocycles. The maximum Gasteiger partial charge on any atom is 0.152 e. The number of benzene rings is 3. The Morgan fingerprint density at radius 2 is 1.59 bits per heavy atom. The van der Waals surface area contributed by atoms with Crippen molar-refractivity contribution in [2.75, 3.05) is 0 Å². The van der Waals surface area contributed by atoms with Crippen molar-refractivity contribution in [3.8, 4) is 10.6 Å². The smallest absolute Gasteiger partial charge is 0.152 e. The van der Waals surface area contributed by atoms with Gasteiger partial charge in [0.1, 0.15) is 5.01 Å². The summed E-state index contributed by atoms with van der Waals surface area (Å²) in [4.78, 5) is 5.03. The summed E-state index contributed by atoms with van der Waals surface area (Å²) in [6.07, 6.45) is 0. The van der Waals surface area contributed by atoms with E-state index in [-0.39, 0.29) is 5.41 Å². The molecule has 3 aromatic carbocycles. The van der Waals surface area contributed by atoms with Crippen LogP contribution in [0, 0.1) is 0 Å². The molecule has 0 bridgehead atoms. The maximum atomic E-state index is 5.03. The molecule has 27 heavy (non-hydrogen) atoms. The standard InChI is InChI=1S/C24H22N2S/c1-24(2,3)19-14-16(13-15-9-5-6-10-17(15)19)23-25-22-21(27-23)18-11-7-8-12-20(18)26(22)4/h5-14H,1-4H3. The first-order valence-corrected chi connectivity index (χ1v) is 10.1. The Labute approximate surface area is 163 Å². The van der Waals surface area contributed by atoms with Gasteiger partial charge in [-0.3, -0.25) is 0 Å². The van der Waals surface area contributed by atoms with Gasteiger partial charge in [0.2, 0.25) is 0 Å². The summed E-state index contributed by atoms with van der Waals surface area (Å²) in [5, 5.41) is 5.00. The summed E-state index contributed by atoms with van der Waals surface area (Å²) in [5.41, 5.74) is 4.98. The van der Waals surface area contributed by atoms with E-state index in [1.54, 1.807) is 11.3 Å². The van der Waals surface area contributed by atoms with Crippen molar-refractivity contribution in [3.05, 3.63) is 66.2 Å². The number of fused-ring (bicyclic) bond motifs is 4. The van der Waals surface area contributed by atoms with E-state index in [9.17, 15) is 0 Å². The van der Waals surface area contributed by atoms with Crippen LogP contribution in [-0.4, -0.2) is 9.55 Å². The summed E-state index contributed by atoms with van der Waals surface area (Å²) in [6.45, 7) is 6.85. The van der Waals surface area contributed by atoms with Crippen LogP contribution in [0.2, 0.25) is 0 Å². The Morgan fingerprint density at radius 1 is 0.889 bits per heavy atom. The summed E-state index contributed by atoms with van der Waals surface area (Å²) < 4.78 is 3.48. The molecule has 0 N–H and O–H groups in total. The van der Waals surface area contributed by atoms with Crippen LogP contribution in [0.1, 0.15) is 26.3 Å². The normalized spacial score (nSPS) is 12.4. The molecule has 0 aliphatic heterocycles. The SMILES string of the molecule is Cn1c2ccccc2c2sc(-c3cc(C(C)(C)C)c4ccccc4c3)nc21. The predicted molar refractivity (Wildman–Crippen MR) is 118 cm³/mol. The van der Waals surface area contributed by atoms with Gasteiger partial charge in [0.05, 0.1) is 10.2 Å². The highest BCUT2D eigenvalue weighted by Crippen LogP contribution is 2.39. The molecule has 5 aromatic rings. The van der Waals surface area contributed by atoms with E-state index in [0.29, 0.717) is 0 Å². The Morgan fingerprint density at radius 3 is 2.37 bits per heavy atom. The minimum absolute atomic E-state index is 0.0823. The minimum atomic E-state index is 0.0823. The number of rotatable bonds is 1. The number of hydrogen-bond donors (Lipinski definition) is 0. The quantitative estimate of drug-likeness (QED) is 0.313. The van der Waals surface area contributed by atoms with Crippen molar-refractivity contribution < 1.29 is 0 Å². The molecule has 0 saturated carbocycles. The molecule has 2 heterocycles. The predicted octanol–water partition coefficient (Wildman–Crippen LogP) is 6.91. The lowest BCUT2D eigenvalue weighted by Crippen LogP contribution is -2.11. The van der Waals surface area contributed by atoms with Gasteiger partial charge in [0, 0.05) is 18.0 Å². The van der Waals surface area contributed by atoms with Crippen LogP contribution in [0.25, 0.3) is 42.6 Å². The Balaban J connectivity index is 1.80. The number of para-hydroxylation sites is 1. The number of thiazole rings is 1. The topological polar surface area (TPSA) is 17.8 Å². The molecule has 0 unspecified atom stereocenters. The van der Waals surface area contributed by atoms with E-state index in [4.69, 9.17) is 4.98 Å².